The second-order valence-electron chi connectivity index (χ2n) is 11.9. The van der Waals surface area contributed by atoms with Gasteiger partial charge in [-0.05, 0) is 88.1 Å². The van der Waals surface area contributed by atoms with Crippen LogP contribution in [0.5, 0.6) is 0 Å². The summed E-state index contributed by atoms with van der Waals surface area (Å²) in [5.74, 6) is 2.30. The zero-order valence-electron chi connectivity index (χ0n) is 23.5. The highest BCUT2D eigenvalue weighted by atomic mass is 35.5. The summed E-state index contributed by atoms with van der Waals surface area (Å²) >= 11 is 6.18. The number of rotatable bonds is 6. The fraction of sp³-hybridized carbons (Fsp3) is 0.467. The molecule has 2 heterocycles. The van der Waals surface area contributed by atoms with E-state index in [1.54, 1.807) is 40.2 Å². The van der Waals surface area contributed by atoms with Gasteiger partial charge in [-0.1, -0.05) is 31.5 Å². The van der Waals surface area contributed by atoms with Gasteiger partial charge in [0.25, 0.3) is 0 Å². The largest absolute Gasteiger partial charge is 0.442 e. The van der Waals surface area contributed by atoms with Gasteiger partial charge < -0.3 is 15.4 Å². The Labute approximate surface area is 240 Å². The number of amides is 1. The lowest BCUT2D eigenvalue weighted by molar-refractivity contribution is 0.0679. The third-order valence-corrected chi connectivity index (χ3v) is 9.37. The number of aryl methyl sites for hydroxylation is 2. The number of anilines is 1. The fourth-order valence-electron chi connectivity index (χ4n) is 7.30. The Kier molecular flexibility index (Phi) is 6.33. The van der Waals surface area contributed by atoms with E-state index in [0.717, 1.165) is 37.1 Å². The van der Waals surface area contributed by atoms with Crippen LogP contribution in [0.4, 0.5) is 10.5 Å². The molecule has 1 amide bonds. The third-order valence-electron chi connectivity index (χ3n) is 9.12. The van der Waals surface area contributed by atoms with E-state index >= 15 is 0 Å². The van der Waals surface area contributed by atoms with Gasteiger partial charge in [-0.25, -0.2) is 24.4 Å². The van der Waals surface area contributed by atoms with Crippen LogP contribution in [0.25, 0.3) is 5.82 Å². The van der Waals surface area contributed by atoms with Crippen molar-refractivity contribution in [3.63, 3.8) is 0 Å². The molecule has 4 atom stereocenters. The van der Waals surface area contributed by atoms with Gasteiger partial charge >= 0.3 is 6.09 Å². The number of carbonyl (C=O) groups is 1. The minimum absolute atomic E-state index is 0.107. The molecule has 1 aromatic carbocycles. The van der Waals surface area contributed by atoms with Crippen LogP contribution in [-0.4, -0.2) is 45.6 Å². The molecule has 9 nitrogen and oxygen atoms in total. The van der Waals surface area contributed by atoms with Crippen LogP contribution in [0.15, 0.2) is 58.4 Å². The molecule has 3 aliphatic carbocycles. The highest BCUT2D eigenvalue weighted by Gasteiger charge is 2.76. The number of nitrogens with two attached hydrogens (primary N) is 1. The van der Waals surface area contributed by atoms with E-state index < -0.39 is 11.7 Å². The maximum absolute atomic E-state index is 14.0. The quantitative estimate of drug-likeness (QED) is 0.460. The van der Waals surface area contributed by atoms with Gasteiger partial charge in [0, 0.05) is 23.2 Å². The number of fused-ring (bicyclic) bond motifs is 1. The van der Waals surface area contributed by atoms with Crippen LogP contribution < -0.4 is 10.6 Å². The number of aromatic nitrogens is 2. The Bertz CT molecular complexity index is 1480. The second kappa shape index (κ2) is 9.51. The normalized spacial score (nSPS) is 30.4. The second-order valence-corrected chi connectivity index (χ2v) is 12.3. The summed E-state index contributed by atoms with van der Waals surface area (Å²) in [6, 6.07) is 8.92. The zero-order chi connectivity index (χ0) is 28.4. The van der Waals surface area contributed by atoms with Gasteiger partial charge in [0.15, 0.2) is 5.84 Å². The summed E-state index contributed by atoms with van der Waals surface area (Å²) in [4.78, 5) is 26.4. The Hall–Kier alpha value is -3.59. The Morgan fingerprint density at radius 2 is 2.02 bits per heavy atom. The van der Waals surface area contributed by atoms with Crippen molar-refractivity contribution in [3.05, 3.63) is 64.8 Å². The van der Waals surface area contributed by atoms with Crippen molar-refractivity contribution in [2.45, 2.75) is 64.9 Å². The van der Waals surface area contributed by atoms with E-state index in [-0.39, 0.29) is 11.2 Å². The molecular weight excluding hydrogens is 526 g/mol. The van der Waals surface area contributed by atoms with E-state index in [0.29, 0.717) is 39.9 Å². The van der Waals surface area contributed by atoms with E-state index in [4.69, 9.17) is 27.1 Å². The Morgan fingerprint density at radius 3 is 2.70 bits per heavy atom. The lowest BCUT2D eigenvalue weighted by Gasteiger charge is -2.29. The summed E-state index contributed by atoms with van der Waals surface area (Å²) in [6.45, 7) is 10.2. The summed E-state index contributed by atoms with van der Waals surface area (Å²) < 4.78 is 8.10. The number of hydrogen-bond donors (Lipinski definition) is 1. The van der Waals surface area contributed by atoms with Gasteiger partial charge in [-0.2, -0.15) is 5.10 Å². The molecule has 2 aromatic rings. The number of ether oxygens (including phenoxy) is 1. The van der Waals surface area contributed by atoms with Crippen LogP contribution in [-0.2, 0) is 4.74 Å². The maximum Gasteiger partial charge on any atom is 0.420 e. The summed E-state index contributed by atoms with van der Waals surface area (Å²) in [5, 5.41) is 5.04. The van der Waals surface area contributed by atoms with Crippen molar-refractivity contribution >= 4 is 41.4 Å². The molecule has 6 rings (SSSR count). The number of hydrogen-bond acceptors (Lipinski definition) is 6. The first-order chi connectivity index (χ1) is 19.0. The molecule has 3 saturated carbocycles. The first-order valence-corrected chi connectivity index (χ1v) is 14.3. The molecule has 1 aromatic heterocycles. The molecule has 4 aliphatic rings. The lowest BCUT2D eigenvalue weighted by atomic mass is 9.75. The highest BCUT2D eigenvalue weighted by molar-refractivity contribution is 6.30. The molecule has 2 bridgehead atoms. The van der Waals surface area contributed by atoms with Crippen LogP contribution in [0, 0.1) is 31.1 Å². The average molecular weight is 562 g/mol. The van der Waals surface area contributed by atoms with Crippen molar-refractivity contribution in [2.75, 3.05) is 11.9 Å². The van der Waals surface area contributed by atoms with Crippen LogP contribution in [0.1, 0.15) is 56.8 Å². The topological polar surface area (TPSA) is 101 Å². The summed E-state index contributed by atoms with van der Waals surface area (Å²) in [7, 11) is 1.82. The third kappa shape index (κ3) is 4.31. The summed E-state index contributed by atoms with van der Waals surface area (Å²) in [5.41, 5.74) is 9.12. The number of benzene rings is 1. The molecule has 3 unspecified atom stereocenters. The van der Waals surface area contributed by atoms with Gasteiger partial charge in [-0.3, -0.25) is 0 Å². The first kappa shape index (κ1) is 26.6. The van der Waals surface area contributed by atoms with E-state index in [9.17, 15) is 4.79 Å². The van der Waals surface area contributed by atoms with Crippen LogP contribution in [0.2, 0.25) is 5.02 Å². The molecular formula is C30H36ClN7O2. The maximum atomic E-state index is 14.0. The number of likely N-dealkylation sites (N-methyl/N-ethyl adjacent to an activating group) is 1. The van der Waals surface area contributed by atoms with Crippen molar-refractivity contribution in [1.29, 1.82) is 0 Å². The van der Waals surface area contributed by atoms with Gasteiger partial charge in [0.2, 0.25) is 0 Å². The summed E-state index contributed by atoms with van der Waals surface area (Å²) in [6.07, 6.45) is 7.64. The van der Waals surface area contributed by atoms with Crippen LogP contribution >= 0.6 is 11.6 Å². The van der Waals surface area contributed by atoms with E-state index in [1.807, 2.05) is 27.0 Å². The minimum Gasteiger partial charge on any atom is -0.442 e. The Balaban J connectivity index is 1.35. The van der Waals surface area contributed by atoms with E-state index in [2.05, 4.69) is 23.6 Å². The van der Waals surface area contributed by atoms with Crippen LogP contribution in [0.3, 0.4) is 0 Å². The molecule has 10 heteroatoms. The van der Waals surface area contributed by atoms with Crippen molar-refractivity contribution < 1.29 is 9.53 Å². The molecule has 2 N–H and O–H groups in total. The Morgan fingerprint density at radius 1 is 1.27 bits per heavy atom. The molecule has 40 heavy (non-hydrogen) atoms. The molecule has 210 valence electrons. The number of aliphatic imine (C=N–C) groups is 2. The fourth-order valence-corrected chi connectivity index (χ4v) is 7.43. The van der Waals surface area contributed by atoms with Gasteiger partial charge in [-0.15, -0.1) is 0 Å². The minimum atomic E-state index is -0.508. The van der Waals surface area contributed by atoms with Crippen molar-refractivity contribution in [2.24, 2.45) is 33.0 Å². The van der Waals surface area contributed by atoms with Gasteiger partial charge in [0.05, 0.1) is 17.7 Å². The molecule has 1 aliphatic heterocycles. The molecule has 3 fully saturated rings. The number of amidine groups is 1. The van der Waals surface area contributed by atoms with Gasteiger partial charge in [0.1, 0.15) is 22.9 Å². The number of nitrogens with zero attached hydrogens (tertiary/aromatic N) is 6. The zero-order valence-corrected chi connectivity index (χ0v) is 24.3. The molecule has 1 spiro atoms. The highest BCUT2D eigenvalue weighted by Crippen LogP contribution is 2.76. The lowest BCUT2D eigenvalue weighted by Crippen LogP contribution is -2.40. The average Bonchev–Trinajstić information content (AvgIpc) is 3.15. The monoisotopic (exact) mass is 561 g/mol. The van der Waals surface area contributed by atoms with E-state index in [1.165, 1.54) is 17.7 Å². The first-order valence-electron chi connectivity index (χ1n) is 13.9. The molecule has 0 saturated heterocycles. The predicted molar refractivity (Wildman–Crippen MR) is 158 cm³/mol. The van der Waals surface area contributed by atoms with Crippen molar-refractivity contribution in [3.8, 4) is 0 Å². The standard InChI is InChI=1S/C30H36ClN7O2/c1-6-21-12-22-14-29(13-21)16-30(29,15-22)40-28(39)37(24-9-7-23(31)8-10-24)26(32)25-27(36(5)17-33-25)34-20(4)38-19(3)11-18(2)35-38/h7-11,17,21-22H,4,6,12-16,32H2,1-3,5H3/b26-25-,34-27+/t21-,22?,29?,30?/m1/s1. The predicted octanol–water partition coefficient (Wildman–Crippen LogP) is 6.08. The molecule has 0 radical (unpaired) electrons. The number of carbonyl (C=O) groups excluding carboxylic acids is 1. The smallest absolute Gasteiger partial charge is 0.420 e. The number of halogens is 1. The van der Waals surface area contributed by atoms with Crippen molar-refractivity contribution in [1.82, 2.24) is 14.7 Å². The SMILES string of the molecule is C=C(/N=C1\C(=C(/N)N(C(=O)OC23CC4C[C@@H](CC)CC2(C4)C3)c2ccc(Cl)cc2)N=CN1C)n1nc(C)cc1C.